The molecule has 1 aromatic carbocycles. The predicted octanol–water partition coefficient (Wildman–Crippen LogP) is 3.97. The zero-order valence-electron chi connectivity index (χ0n) is 20.6. The number of morpholine rings is 1. The summed E-state index contributed by atoms with van der Waals surface area (Å²) < 4.78 is 49.2. The molecule has 3 aliphatic heterocycles. The van der Waals surface area contributed by atoms with Crippen LogP contribution >= 0.6 is 10.6 Å². The van der Waals surface area contributed by atoms with Gasteiger partial charge in [0.05, 0.1) is 30.7 Å². The molecule has 10 nitrogen and oxygen atoms in total. The van der Waals surface area contributed by atoms with Crippen molar-refractivity contribution in [2.24, 2.45) is 0 Å². The molecule has 2 N–H and O–H groups in total. The number of fused-ring (bicyclic) bond motifs is 3. The number of nitrogens with zero attached hydrogens (tertiary/aromatic N) is 4. The fourth-order valence-corrected chi connectivity index (χ4v) is 6.70. The molecule has 196 valence electrons. The number of aromatic nitrogens is 2. The molecule has 3 aliphatic rings. The summed E-state index contributed by atoms with van der Waals surface area (Å²) in [5.74, 6) is -1.34. The van der Waals surface area contributed by atoms with Crippen LogP contribution in [0.5, 0.6) is 0 Å². The average molecular weight is 523 g/mol. The highest BCUT2D eigenvalue weighted by Crippen LogP contribution is 2.61. The Morgan fingerprint density at radius 3 is 2.58 bits per heavy atom. The molecule has 0 spiro atoms. The van der Waals surface area contributed by atoms with Gasteiger partial charge in [0.2, 0.25) is 0 Å². The summed E-state index contributed by atoms with van der Waals surface area (Å²) in [6.07, 6.45) is 0.121. The third-order valence-electron chi connectivity index (χ3n) is 6.56. The van der Waals surface area contributed by atoms with Crippen LogP contribution < -0.4 is 0 Å². The minimum Gasteiger partial charge on any atom is -0.444 e. The smallest absolute Gasteiger partial charge is 0.410 e. The van der Waals surface area contributed by atoms with Gasteiger partial charge in [-0.25, -0.2) is 9.18 Å². The highest BCUT2D eigenvalue weighted by Gasteiger charge is 2.41. The Balaban J connectivity index is 1.58. The Kier molecular flexibility index (Phi) is 6.26. The summed E-state index contributed by atoms with van der Waals surface area (Å²) in [5.41, 5.74) is 0.671. The molecule has 2 saturated heterocycles. The minimum absolute atomic E-state index is 0.123. The maximum Gasteiger partial charge on any atom is 0.410 e. The van der Waals surface area contributed by atoms with Crippen molar-refractivity contribution in [2.75, 3.05) is 39.4 Å². The normalized spacial score (nSPS) is 22.1. The molecule has 2 fully saturated rings. The van der Waals surface area contributed by atoms with E-state index in [2.05, 4.69) is 5.10 Å². The van der Waals surface area contributed by atoms with Crippen LogP contribution in [0.25, 0.3) is 11.3 Å². The number of likely N-dealkylation sites (tertiary alicyclic amines) is 1. The van der Waals surface area contributed by atoms with Crippen LogP contribution in [-0.4, -0.2) is 85.7 Å². The van der Waals surface area contributed by atoms with Gasteiger partial charge in [-0.1, -0.05) is 12.1 Å². The lowest BCUT2D eigenvalue weighted by atomic mass is 10.0. The van der Waals surface area contributed by atoms with Crippen LogP contribution in [0.2, 0.25) is 0 Å². The van der Waals surface area contributed by atoms with Gasteiger partial charge in [-0.2, -0.15) is 15.7 Å². The molecule has 12 heteroatoms. The van der Waals surface area contributed by atoms with E-state index in [-0.39, 0.29) is 28.3 Å². The van der Waals surface area contributed by atoms with E-state index < -0.39 is 28.1 Å². The third kappa shape index (κ3) is 4.47. The summed E-state index contributed by atoms with van der Waals surface area (Å²) in [4.78, 5) is 29.2. The summed E-state index contributed by atoms with van der Waals surface area (Å²) in [5, 5.41) is 4.69. The van der Waals surface area contributed by atoms with E-state index in [0.29, 0.717) is 62.6 Å². The van der Waals surface area contributed by atoms with Crippen LogP contribution in [0.3, 0.4) is 0 Å². The highest BCUT2D eigenvalue weighted by atomic mass is 32.3. The quantitative estimate of drug-likeness (QED) is 0.613. The van der Waals surface area contributed by atoms with Crippen molar-refractivity contribution in [3.63, 3.8) is 0 Å². The second-order valence-corrected chi connectivity index (χ2v) is 12.4. The third-order valence-corrected chi connectivity index (χ3v) is 8.32. The summed E-state index contributed by atoms with van der Waals surface area (Å²) in [7, 11) is -3.54. The Morgan fingerprint density at radius 2 is 1.89 bits per heavy atom. The van der Waals surface area contributed by atoms with Gasteiger partial charge < -0.3 is 19.3 Å². The van der Waals surface area contributed by atoms with Crippen molar-refractivity contribution in [1.82, 2.24) is 19.6 Å². The first-order chi connectivity index (χ1) is 17.0. The Hall–Kier alpha value is -2.67. The van der Waals surface area contributed by atoms with E-state index >= 15 is 0 Å². The molecule has 2 amide bonds. The molecule has 0 radical (unpaired) electrons. The largest absolute Gasteiger partial charge is 0.444 e. The molecular formula is C24H31FN4O6S. The van der Waals surface area contributed by atoms with Crippen LogP contribution in [0.4, 0.5) is 9.18 Å². The summed E-state index contributed by atoms with van der Waals surface area (Å²) >= 11 is 0. The number of ether oxygens (including phenoxy) is 2. The van der Waals surface area contributed by atoms with Gasteiger partial charge >= 0.3 is 6.09 Å². The number of hydrogen-bond acceptors (Lipinski definition) is 7. The van der Waals surface area contributed by atoms with Crippen molar-refractivity contribution < 1.29 is 32.6 Å². The molecule has 36 heavy (non-hydrogen) atoms. The van der Waals surface area contributed by atoms with Crippen LogP contribution in [-0.2, 0) is 15.2 Å². The Bertz CT molecular complexity index is 1200. The number of carbonyl (C=O) groups excluding carboxylic acids is 2. The molecule has 2 aromatic rings. The van der Waals surface area contributed by atoms with E-state index in [1.807, 2.05) is 0 Å². The molecule has 1 atom stereocenters. The molecular weight excluding hydrogens is 491 g/mol. The monoisotopic (exact) mass is 522 g/mol. The van der Waals surface area contributed by atoms with Gasteiger partial charge in [0.15, 0.2) is 5.69 Å². The molecule has 1 unspecified atom stereocenters. The zero-order valence-corrected chi connectivity index (χ0v) is 21.4. The van der Waals surface area contributed by atoms with Gasteiger partial charge in [0.1, 0.15) is 16.3 Å². The first-order valence-corrected chi connectivity index (χ1v) is 13.7. The lowest BCUT2D eigenvalue weighted by Crippen LogP contribution is -2.41. The van der Waals surface area contributed by atoms with Crippen LogP contribution in [0.15, 0.2) is 23.1 Å². The van der Waals surface area contributed by atoms with E-state index in [1.165, 1.54) is 12.1 Å². The summed E-state index contributed by atoms with van der Waals surface area (Å²) in [6, 6.07) is 4.01. The molecule has 0 bridgehead atoms. The predicted molar refractivity (Wildman–Crippen MR) is 131 cm³/mol. The highest BCUT2D eigenvalue weighted by molar-refractivity contribution is 8.23. The van der Waals surface area contributed by atoms with E-state index in [0.717, 1.165) is 0 Å². The lowest BCUT2D eigenvalue weighted by molar-refractivity contribution is 0.0284. The lowest BCUT2D eigenvalue weighted by Gasteiger charge is -2.38. The van der Waals surface area contributed by atoms with Gasteiger partial charge in [-0.05, 0) is 33.3 Å². The number of carbonyl (C=O) groups is 2. The number of halogens is 1. The van der Waals surface area contributed by atoms with E-state index in [9.17, 15) is 23.1 Å². The number of rotatable bonds is 2. The molecule has 0 aliphatic carbocycles. The van der Waals surface area contributed by atoms with Crippen molar-refractivity contribution in [3.05, 3.63) is 35.3 Å². The van der Waals surface area contributed by atoms with E-state index in [1.54, 1.807) is 41.3 Å². The number of hydrogen-bond donors (Lipinski definition) is 2. The topological polar surface area (TPSA) is 117 Å². The molecule has 5 rings (SSSR count). The fourth-order valence-electron chi connectivity index (χ4n) is 4.98. The van der Waals surface area contributed by atoms with Gasteiger partial charge in [0, 0.05) is 37.3 Å². The second-order valence-electron chi connectivity index (χ2n) is 10.3. The zero-order chi connectivity index (χ0) is 25.8. The van der Waals surface area contributed by atoms with Crippen molar-refractivity contribution in [2.45, 2.75) is 49.5 Å². The van der Waals surface area contributed by atoms with Crippen LogP contribution in [0, 0.1) is 5.82 Å². The van der Waals surface area contributed by atoms with Gasteiger partial charge in [0.25, 0.3) is 5.91 Å². The van der Waals surface area contributed by atoms with E-state index in [4.69, 9.17) is 9.47 Å². The number of benzene rings is 1. The molecule has 0 saturated carbocycles. The van der Waals surface area contributed by atoms with Crippen LogP contribution in [0.1, 0.15) is 49.3 Å². The maximum absolute atomic E-state index is 14.9. The van der Waals surface area contributed by atoms with Crippen molar-refractivity contribution >= 4 is 22.6 Å². The maximum atomic E-state index is 14.9. The molecule has 1 aromatic heterocycles. The average Bonchev–Trinajstić information content (AvgIpc) is 3.43. The fraction of sp³-hybridized carbons (Fsp3) is 0.542. The van der Waals surface area contributed by atoms with Gasteiger partial charge in [-0.3, -0.25) is 18.6 Å². The minimum atomic E-state index is -3.54. The SMILES string of the molecule is CC(C)(C)OC(=O)N1CCC(n2nc(C(=O)N3CCOCC3)c3c2-c2cccc(F)c2S(O)(O)C3)C1. The first kappa shape index (κ1) is 25.0. The second kappa shape index (κ2) is 9.02. The Morgan fingerprint density at radius 1 is 1.17 bits per heavy atom. The first-order valence-electron chi connectivity index (χ1n) is 12.0. The standard InChI is InChI=1S/C24H31FN4O6S/c1-24(2,3)35-23(31)28-8-7-15(13-28)29-20-16-5-4-6-18(25)21(16)36(32,33)14-17(20)19(26-29)22(30)27-9-11-34-12-10-27/h4-6,15,32-33H,7-14H2,1-3H3. The Labute approximate surface area is 210 Å². The van der Waals surface area contributed by atoms with Crippen molar-refractivity contribution in [1.29, 1.82) is 0 Å². The van der Waals surface area contributed by atoms with Gasteiger partial charge in [-0.15, -0.1) is 0 Å². The molecule has 4 heterocycles. The van der Waals surface area contributed by atoms with Crippen molar-refractivity contribution in [3.8, 4) is 11.3 Å². The summed E-state index contributed by atoms with van der Waals surface area (Å²) in [6.45, 7) is 7.76. The number of amides is 2.